The Morgan fingerprint density at radius 1 is 1.44 bits per heavy atom. The van der Waals surface area contributed by atoms with E-state index < -0.39 is 0 Å². The highest BCUT2D eigenvalue weighted by atomic mass is 35.5. The summed E-state index contributed by atoms with van der Waals surface area (Å²) in [6.45, 7) is 4.37. The molecular formula is C12H20ClNS2. The van der Waals surface area contributed by atoms with Gasteiger partial charge in [-0.3, -0.25) is 0 Å². The third-order valence-corrected chi connectivity index (χ3v) is 5.48. The van der Waals surface area contributed by atoms with Crippen LogP contribution < -0.4 is 5.73 Å². The molecule has 0 aliphatic rings. The average Bonchev–Trinajstić information content (AvgIpc) is 2.70. The Morgan fingerprint density at radius 3 is 2.69 bits per heavy atom. The second-order valence-corrected chi connectivity index (χ2v) is 6.86. The fourth-order valence-corrected chi connectivity index (χ4v) is 4.33. The number of hydrogen-bond donors (Lipinski definition) is 1. The van der Waals surface area contributed by atoms with Crippen LogP contribution in [0.4, 0.5) is 0 Å². The summed E-state index contributed by atoms with van der Waals surface area (Å²) in [5, 5.41) is 0.411. The normalized spacial score (nSPS) is 15.0. The molecule has 0 saturated heterocycles. The lowest BCUT2D eigenvalue weighted by molar-refractivity contribution is 0.639. The van der Waals surface area contributed by atoms with Gasteiger partial charge in [0.05, 0.1) is 9.59 Å². The van der Waals surface area contributed by atoms with Crippen LogP contribution in [-0.4, -0.2) is 11.8 Å². The molecule has 0 spiro atoms. The zero-order chi connectivity index (χ0) is 12.0. The average molecular weight is 278 g/mol. The standard InChI is InChI=1S/C12H20ClNS2/c1-3-5-8-15-12(9(14)4-2)10-6-7-11(13)16-10/h6-7,9,12H,3-5,8,14H2,1-2H3. The molecule has 1 aromatic heterocycles. The summed E-state index contributed by atoms with van der Waals surface area (Å²) in [4.78, 5) is 1.32. The van der Waals surface area contributed by atoms with E-state index in [1.165, 1.54) is 23.5 Å². The Labute approximate surface area is 112 Å². The number of thioether (sulfide) groups is 1. The quantitative estimate of drug-likeness (QED) is 0.730. The van der Waals surface area contributed by atoms with Crippen molar-refractivity contribution in [1.29, 1.82) is 0 Å². The van der Waals surface area contributed by atoms with Gasteiger partial charge in [-0.05, 0) is 30.7 Å². The van der Waals surface area contributed by atoms with E-state index >= 15 is 0 Å². The summed E-state index contributed by atoms with van der Waals surface area (Å²) < 4.78 is 0.861. The summed E-state index contributed by atoms with van der Waals surface area (Å²) in [6, 6.07) is 4.32. The molecule has 0 fully saturated rings. The van der Waals surface area contributed by atoms with E-state index in [1.807, 2.05) is 17.8 Å². The van der Waals surface area contributed by atoms with Crippen molar-refractivity contribution < 1.29 is 0 Å². The number of rotatable bonds is 7. The Bertz CT molecular complexity index is 301. The maximum atomic E-state index is 6.18. The molecule has 1 rings (SSSR count). The summed E-state index contributed by atoms with van der Waals surface area (Å²) in [5.41, 5.74) is 6.18. The molecule has 1 heterocycles. The number of nitrogens with two attached hydrogens (primary N) is 1. The zero-order valence-corrected chi connectivity index (χ0v) is 12.3. The second kappa shape index (κ2) is 7.59. The van der Waals surface area contributed by atoms with Gasteiger partial charge < -0.3 is 5.73 Å². The minimum absolute atomic E-state index is 0.233. The molecule has 92 valence electrons. The molecule has 0 aliphatic heterocycles. The topological polar surface area (TPSA) is 26.0 Å². The first-order valence-corrected chi connectivity index (χ1v) is 8.05. The van der Waals surface area contributed by atoms with Crippen LogP contribution in [0, 0.1) is 0 Å². The highest BCUT2D eigenvalue weighted by molar-refractivity contribution is 7.99. The minimum atomic E-state index is 0.233. The van der Waals surface area contributed by atoms with Gasteiger partial charge in [-0.15, -0.1) is 11.3 Å². The van der Waals surface area contributed by atoms with Gasteiger partial charge >= 0.3 is 0 Å². The predicted molar refractivity (Wildman–Crippen MR) is 77.7 cm³/mol. The highest BCUT2D eigenvalue weighted by Crippen LogP contribution is 2.38. The minimum Gasteiger partial charge on any atom is -0.326 e. The smallest absolute Gasteiger partial charge is 0.0931 e. The van der Waals surface area contributed by atoms with E-state index in [0.717, 1.165) is 10.8 Å². The fraction of sp³-hybridized carbons (Fsp3) is 0.667. The lowest BCUT2D eigenvalue weighted by Gasteiger charge is -2.21. The zero-order valence-electron chi connectivity index (χ0n) is 9.91. The molecule has 0 bridgehead atoms. The van der Waals surface area contributed by atoms with Gasteiger partial charge in [0.2, 0.25) is 0 Å². The summed E-state index contributed by atoms with van der Waals surface area (Å²) >= 11 is 9.62. The molecular weight excluding hydrogens is 258 g/mol. The van der Waals surface area contributed by atoms with Crippen LogP contribution >= 0.6 is 34.7 Å². The first kappa shape index (κ1) is 14.4. The molecule has 16 heavy (non-hydrogen) atoms. The van der Waals surface area contributed by atoms with Gasteiger partial charge in [0.1, 0.15) is 0 Å². The van der Waals surface area contributed by atoms with Crippen molar-refractivity contribution in [2.24, 2.45) is 5.73 Å². The molecule has 0 saturated carbocycles. The van der Waals surface area contributed by atoms with Gasteiger partial charge in [0.25, 0.3) is 0 Å². The number of hydrogen-bond acceptors (Lipinski definition) is 3. The van der Waals surface area contributed by atoms with Gasteiger partial charge in [-0.25, -0.2) is 0 Å². The van der Waals surface area contributed by atoms with Crippen LogP contribution in [0.5, 0.6) is 0 Å². The second-order valence-electron chi connectivity index (χ2n) is 3.86. The van der Waals surface area contributed by atoms with Gasteiger partial charge in [0.15, 0.2) is 0 Å². The summed E-state index contributed by atoms with van der Waals surface area (Å²) in [5.74, 6) is 1.18. The van der Waals surface area contributed by atoms with Crippen LogP contribution in [-0.2, 0) is 0 Å². The lowest BCUT2D eigenvalue weighted by Crippen LogP contribution is -2.25. The van der Waals surface area contributed by atoms with Crippen molar-refractivity contribution in [3.05, 3.63) is 21.3 Å². The van der Waals surface area contributed by atoms with Crippen molar-refractivity contribution in [2.45, 2.75) is 44.4 Å². The van der Waals surface area contributed by atoms with Crippen LogP contribution in [0.2, 0.25) is 4.34 Å². The van der Waals surface area contributed by atoms with Crippen molar-refractivity contribution in [3.8, 4) is 0 Å². The molecule has 1 nitrogen and oxygen atoms in total. The first-order valence-electron chi connectivity index (χ1n) is 5.81. The maximum Gasteiger partial charge on any atom is 0.0931 e. The highest BCUT2D eigenvalue weighted by Gasteiger charge is 2.20. The molecule has 2 unspecified atom stereocenters. The van der Waals surface area contributed by atoms with E-state index in [0.29, 0.717) is 5.25 Å². The van der Waals surface area contributed by atoms with Crippen LogP contribution in [0.15, 0.2) is 12.1 Å². The van der Waals surface area contributed by atoms with Gasteiger partial charge in [-0.2, -0.15) is 11.8 Å². The number of unbranched alkanes of at least 4 members (excludes halogenated alkanes) is 1. The van der Waals surface area contributed by atoms with Crippen molar-refractivity contribution in [2.75, 3.05) is 5.75 Å². The largest absolute Gasteiger partial charge is 0.326 e. The lowest BCUT2D eigenvalue weighted by atomic mass is 10.1. The Morgan fingerprint density at radius 2 is 2.19 bits per heavy atom. The van der Waals surface area contributed by atoms with E-state index in [-0.39, 0.29) is 6.04 Å². The molecule has 1 aromatic rings. The van der Waals surface area contributed by atoms with E-state index in [2.05, 4.69) is 19.9 Å². The fourth-order valence-electron chi connectivity index (χ4n) is 1.47. The van der Waals surface area contributed by atoms with E-state index in [4.69, 9.17) is 17.3 Å². The number of thiophene rings is 1. The van der Waals surface area contributed by atoms with Gasteiger partial charge in [-0.1, -0.05) is 31.9 Å². The predicted octanol–water partition coefficient (Wildman–Crippen LogP) is 4.71. The van der Waals surface area contributed by atoms with Crippen LogP contribution in [0.25, 0.3) is 0 Å². The van der Waals surface area contributed by atoms with Crippen LogP contribution in [0.3, 0.4) is 0 Å². The molecule has 4 heteroatoms. The maximum absolute atomic E-state index is 6.18. The molecule has 0 amide bonds. The molecule has 0 radical (unpaired) electrons. The number of halogens is 1. The Hall–Kier alpha value is 0.300. The molecule has 2 atom stereocenters. The van der Waals surface area contributed by atoms with Crippen molar-refractivity contribution in [3.63, 3.8) is 0 Å². The third-order valence-electron chi connectivity index (χ3n) is 2.53. The first-order chi connectivity index (χ1) is 7.69. The molecule has 0 aromatic carbocycles. The van der Waals surface area contributed by atoms with Crippen molar-refractivity contribution in [1.82, 2.24) is 0 Å². The SMILES string of the molecule is CCCCSC(c1ccc(Cl)s1)C(N)CC. The summed E-state index contributed by atoms with van der Waals surface area (Å²) in [6.07, 6.45) is 3.52. The van der Waals surface area contributed by atoms with Crippen molar-refractivity contribution >= 4 is 34.7 Å². The summed E-state index contributed by atoms with van der Waals surface area (Å²) in [7, 11) is 0. The van der Waals surface area contributed by atoms with E-state index in [9.17, 15) is 0 Å². The van der Waals surface area contributed by atoms with Crippen LogP contribution in [0.1, 0.15) is 43.2 Å². The Kier molecular flexibility index (Phi) is 6.81. The third kappa shape index (κ3) is 4.28. The molecule has 2 N–H and O–H groups in total. The van der Waals surface area contributed by atoms with Gasteiger partial charge in [0, 0.05) is 10.9 Å². The Balaban J connectivity index is 2.63. The molecule has 0 aliphatic carbocycles. The monoisotopic (exact) mass is 277 g/mol. The van der Waals surface area contributed by atoms with E-state index in [1.54, 1.807) is 11.3 Å².